The molecule has 0 fully saturated rings. The van der Waals surface area contributed by atoms with E-state index < -0.39 is 11.8 Å². The first kappa shape index (κ1) is 13.5. The lowest BCUT2D eigenvalue weighted by atomic mass is 10.1. The first-order valence-corrected chi connectivity index (χ1v) is 6.23. The lowest BCUT2D eigenvalue weighted by molar-refractivity contribution is 0.0696. The summed E-state index contributed by atoms with van der Waals surface area (Å²) in [5.74, 6) is -1.21. The largest absolute Gasteiger partial charge is 0.478 e. The van der Waals surface area contributed by atoms with Crippen molar-refractivity contribution in [3.05, 3.63) is 57.8 Å². The fourth-order valence-electron chi connectivity index (χ4n) is 1.52. The van der Waals surface area contributed by atoms with Crippen molar-refractivity contribution in [2.24, 2.45) is 0 Å². The van der Waals surface area contributed by atoms with Crippen LogP contribution >= 0.6 is 15.9 Å². The van der Waals surface area contributed by atoms with Crippen LogP contribution in [0.1, 0.15) is 15.9 Å². The quantitative estimate of drug-likeness (QED) is 0.910. The zero-order valence-electron chi connectivity index (χ0n) is 9.98. The highest BCUT2D eigenvalue weighted by molar-refractivity contribution is 9.10. The molecule has 0 amide bonds. The lowest BCUT2D eigenvalue weighted by Crippen LogP contribution is -1.98. The van der Waals surface area contributed by atoms with Crippen molar-refractivity contribution in [1.29, 1.82) is 0 Å². The Labute approximate surface area is 117 Å². The number of benzene rings is 2. The molecule has 0 aliphatic rings. The maximum Gasteiger partial charge on any atom is 0.335 e. The highest BCUT2D eigenvalue weighted by Gasteiger charge is 2.10. The van der Waals surface area contributed by atoms with Crippen molar-refractivity contribution in [3.63, 3.8) is 0 Å². The molecule has 0 aliphatic heterocycles. The van der Waals surface area contributed by atoms with Crippen LogP contribution in [0.25, 0.3) is 0 Å². The third-order valence-electron chi connectivity index (χ3n) is 2.55. The number of aryl methyl sites for hydroxylation is 1. The molecule has 0 unspecified atom stereocenters. The number of carbonyl (C=O) groups is 1. The first-order chi connectivity index (χ1) is 8.97. The third kappa shape index (κ3) is 3.12. The van der Waals surface area contributed by atoms with E-state index in [-0.39, 0.29) is 11.3 Å². The van der Waals surface area contributed by atoms with Gasteiger partial charge in [-0.05, 0) is 42.8 Å². The number of carboxylic acid groups (broad SMARTS) is 1. The number of halogens is 2. The number of ether oxygens (including phenoxy) is 1. The summed E-state index contributed by atoms with van der Waals surface area (Å²) in [5, 5.41) is 8.93. The number of hydrogen-bond donors (Lipinski definition) is 1. The summed E-state index contributed by atoms with van der Waals surface area (Å²) >= 11 is 3.23. The van der Waals surface area contributed by atoms with Crippen LogP contribution in [0.2, 0.25) is 0 Å². The van der Waals surface area contributed by atoms with Crippen LogP contribution in [0, 0.1) is 12.7 Å². The van der Waals surface area contributed by atoms with E-state index in [4.69, 9.17) is 9.84 Å². The molecule has 0 radical (unpaired) electrons. The maximum absolute atomic E-state index is 13.6. The van der Waals surface area contributed by atoms with E-state index in [1.54, 1.807) is 19.1 Å². The van der Waals surface area contributed by atoms with E-state index in [1.165, 1.54) is 24.3 Å². The molecule has 0 spiro atoms. The average Bonchev–Trinajstić information content (AvgIpc) is 2.36. The van der Waals surface area contributed by atoms with Gasteiger partial charge in [0.15, 0.2) is 11.6 Å². The van der Waals surface area contributed by atoms with Gasteiger partial charge in [-0.3, -0.25) is 0 Å². The minimum Gasteiger partial charge on any atom is -0.478 e. The molecule has 0 aliphatic carbocycles. The Morgan fingerprint density at radius 1 is 1.21 bits per heavy atom. The van der Waals surface area contributed by atoms with Gasteiger partial charge < -0.3 is 9.84 Å². The molecule has 0 saturated heterocycles. The molecule has 0 aromatic heterocycles. The predicted octanol–water partition coefficient (Wildman–Crippen LogP) is 4.39. The van der Waals surface area contributed by atoms with E-state index in [0.717, 1.165) is 5.56 Å². The van der Waals surface area contributed by atoms with E-state index in [1.807, 2.05) is 0 Å². The minimum absolute atomic E-state index is 0.0417. The second-order valence-electron chi connectivity index (χ2n) is 3.96. The summed E-state index contributed by atoms with van der Waals surface area (Å²) in [7, 11) is 0. The number of carboxylic acids is 1. The molecule has 0 saturated carbocycles. The number of rotatable bonds is 3. The monoisotopic (exact) mass is 324 g/mol. The lowest BCUT2D eigenvalue weighted by Gasteiger charge is -2.10. The van der Waals surface area contributed by atoms with Gasteiger partial charge >= 0.3 is 5.97 Å². The molecule has 98 valence electrons. The van der Waals surface area contributed by atoms with Crippen LogP contribution in [-0.4, -0.2) is 11.1 Å². The van der Waals surface area contributed by atoms with Crippen molar-refractivity contribution >= 4 is 21.9 Å². The second-order valence-corrected chi connectivity index (χ2v) is 4.88. The topological polar surface area (TPSA) is 46.5 Å². The molecule has 2 aromatic rings. The second kappa shape index (κ2) is 5.40. The van der Waals surface area contributed by atoms with Gasteiger partial charge in [-0.1, -0.05) is 22.0 Å². The smallest absolute Gasteiger partial charge is 0.335 e. The Morgan fingerprint density at radius 2 is 1.95 bits per heavy atom. The van der Waals surface area contributed by atoms with Crippen LogP contribution in [0.4, 0.5) is 4.39 Å². The van der Waals surface area contributed by atoms with Crippen LogP contribution < -0.4 is 4.74 Å². The molecular formula is C14H10BrFO3. The normalized spacial score (nSPS) is 10.3. The molecular weight excluding hydrogens is 315 g/mol. The van der Waals surface area contributed by atoms with Gasteiger partial charge in [0.1, 0.15) is 5.75 Å². The molecule has 1 N–H and O–H groups in total. The molecule has 0 heterocycles. The standard InChI is InChI=1S/C14H10BrFO3/c1-8-2-3-9(14(17)18)6-12(8)19-13-7-10(15)4-5-11(13)16/h2-7H,1H3,(H,17,18). The fraction of sp³-hybridized carbons (Fsp3) is 0.0714. The molecule has 19 heavy (non-hydrogen) atoms. The Bertz CT molecular complexity index is 641. The summed E-state index contributed by atoms with van der Waals surface area (Å²) in [6.45, 7) is 1.76. The van der Waals surface area contributed by atoms with Gasteiger partial charge in [0.2, 0.25) is 0 Å². The van der Waals surface area contributed by atoms with Crippen LogP contribution in [0.5, 0.6) is 11.5 Å². The van der Waals surface area contributed by atoms with Crippen LogP contribution in [-0.2, 0) is 0 Å². The Hall–Kier alpha value is -1.88. The highest BCUT2D eigenvalue weighted by atomic mass is 79.9. The average molecular weight is 325 g/mol. The van der Waals surface area contributed by atoms with Gasteiger partial charge in [-0.15, -0.1) is 0 Å². The van der Waals surface area contributed by atoms with Crippen LogP contribution in [0.3, 0.4) is 0 Å². The SMILES string of the molecule is Cc1ccc(C(=O)O)cc1Oc1cc(Br)ccc1F. The first-order valence-electron chi connectivity index (χ1n) is 5.44. The van der Waals surface area contributed by atoms with Gasteiger partial charge in [0.05, 0.1) is 5.56 Å². The van der Waals surface area contributed by atoms with Crippen LogP contribution in [0.15, 0.2) is 40.9 Å². The highest BCUT2D eigenvalue weighted by Crippen LogP contribution is 2.30. The molecule has 2 aromatic carbocycles. The minimum atomic E-state index is -1.06. The number of aromatic carboxylic acids is 1. The summed E-state index contributed by atoms with van der Waals surface area (Å²) in [4.78, 5) is 10.9. The molecule has 5 heteroatoms. The molecule has 0 bridgehead atoms. The Kier molecular flexibility index (Phi) is 3.85. The van der Waals surface area contributed by atoms with E-state index in [0.29, 0.717) is 10.2 Å². The Morgan fingerprint density at radius 3 is 2.63 bits per heavy atom. The van der Waals surface area contributed by atoms with Crippen molar-refractivity contribution < 1.29 is 19.0 Å². The van der Waals surface area contributed by atoms with E-state index >= 15 is 0 Å². The zero-order valence-corrected chi connectivity index (χ0v) is 11.6. The zero-order chi connectivity index (χ0) is 14.0. The van der Waals surface area contributed by atoms with Gasteiger partial charge in [-0.25, -0.2) is 9.18 Å². The summed E-state index contributed by atoms with van der Waals surface area (Å²) < 4.78 is 19.7. The van der Waals surface area contributed by atoms with Gasteiger partial charge in [0, 0.05) is 4.47 Å². The molecule has 3 nitrogen and oxygen atoms in total. The van der Waals surface area contributed by atoms with Gasteiger partial charge in [0.25, 0.3) is 0 Å². The van der Waals surface area contributed by atoms with Crippen molar-refractivity contribution in [2.75, 3.05) is 0 Å². The van der Waals surface area contributed by atoms with E-state index in [2.05, 4.69) is 15.9 Å². The van der Waals surface area contributed by atoms with Crippen molar-refractivity contribution in [2.45, 2.75) is 6.92 Å². The number of hydrogen-bond acceptors (Lipinski definition) is 2. The molecule has 0 atom stereocenters. The summed E-state index contributed by atoms with van der Waals surface area (Å²) in [5.41, 5.74) is 0.820. The summed E-state index contributed by atoms with van der Waals surface area (Å²) in [6, 6.07) is 8.79. The predicted molar refractivity (Wildman–Crippen MR) is 72.3 cm³/mol. The molecule has 2 rings (SSSR count). The van der Waals surface area contributed by atoms with Gasteiger partial charge in [-0.2, -0.15) is 0 Å². The maximum atomic E-state index is 13.6. The van der Waals surface area contributed by atoms with Crippen molar-refractivity contribution in [1.82, 2.24) is 0 Å². The third-order valence-corrected chi connectivity index (χ3v) is 3.04. The Balaban J connectivity index is 2.40. The van der Waals surface area contributed by atoms with E-state index in [9.17, 15) is 9.18 Å². The van der Waals surface area contributed by atoms with Crippen molar-refractivity contribution in [3.8, 4) is 11.5 Å². The fourth-order valence-corrected chi connectivity index (χ4v) is 1.86. The summed E-state index contributed by atoms with van der Waals surface area (Å²) in [6.07, 6.45) is 0.